The molecule has 3 aromatic rings. The first kappa shape index (κ1) is 11.7. The van der Waals surface area contributed by atoms with Gasteiger partial charge in [-0.3, -0.25) is 0 Å². The summed E-state index contributed by atoms with van der Waals surface area (Å²) in [6, 6.07) is 11.3. The Morgan fingerprint density at radius 1 is 0.947 bits per heavy atom. The van der Waals surface area contributed by atoms with Crippen LogP contribution in [0.25, 0.3) is 10.8 Å². The Morgan fingerprint density at radius 2 is 1.68 bits per heavy atom. The zero-order chi connectivity index (χ0) is 13.2. The molecule has 0 aliphatic carbocycles. The van der Waals surface area contributed by atoms with E-state index in [4.69, 9.17) is 22.1 Å². The Balaban J connectivity index is 2.12. The molecular weight excluding hydrogens is 262 g/mol. The van der Waals surface area contributed by atoms with E-state index in [9.17, 15) is 0 Å². The molecule has 94 valence electrons. The van der Waals surface area contributed by atoms with E-state index in [1.807, 2.05) is 24.3 Å². The highest BCUT2D eigenvalue weighted by atomic mass is 35.5. The fourth-order valence-corrected chi connectivity index (χ4v) is 2.07. The molecule has 2 N–H and O–H groups in total. The summed E-state index contributed by atoms with van der Waals surface area (Å²) < 4.78 is 5.72. The van der Waals surface area contributed by atoms with Crippen molar-refractivity contribution in [3.05, 3.63) is 53.8 Å². The number of anilines is 1. The maximum Gasteiger partial charge on any atom is 0.262 e. The molecule has 0 bridgehead atoms. The molecule has 0 amide bonds. The number of aromatic nitrogens is 2. The minimum Gasteiger partial charge on any atom is -0.435 e. The average Bonchev–Trinajstić information content (AvgIpc) is 2.44. The second kappa shape index (κ2) is 4.74. The van der Waals surface area contributed by atoms with Gasteiger partial charge in [0.1, 0.15) is 5.75 Å². The molecule has 0 spiro atoms. The van der Waals surface area contributed by atoms with Crippen LogP contribution in [0.4, 0.5) is 5.82 Å². The van der Waals surface area contributed by atoms with Gasteiger partial charge in [0, 0.05) is 28.2 Å². The van der Waals surface area contributed by atoms with E-state index < -0.39 is 0 Å². The average molecular weight is 272 g/mol. The summed E-state index contributed by atoms with van der Waals surface area (Å²) in [5.41, 5.74) is 5.72. The summed E-state index contributed by atoms with van der Waals surface area (Å²) in [5.74, 6) is 1.18. The summed E-state index contributed by atoms with van der Waals surface area (Å²) in [4.78, 5) is 8.00. The van der Waals surface area contributed by atoms with Gasteiger partial charge in [-0.1, -0.05) is 35.9 Å². The molecule has 0 atom stereocenters. The monoisotopic (exact) mass is 271 g/mol. The van der Waals surface area contributed by atoms with Crippen LogP contribution in [0.3, 0.4) is 0 Å². The molecule has 0 fully saturated rings. The van der Waals surface area contributed by atoms with Gasteiger partial charge in [-0.05, 0) is 12.1 Å². The molecule has 0 aliphatic heterocycles. The first-order chi connectivity index (χ1) is 9.25. The summed E-state index contributed by atoms with van der Waals surface area (Å²) >= 11 is 6.16. The molecule has 19 heavy (non-hydrogen) atoms. The van der Waals surface area contributed by atoms with E-state index in [0.29, 0.717) is 10.8 Å². The van der Waals surface area contributed by atoms with Crippen LogP contribution in [0.2, 0.25) is 5.02 Å². The van der Waals surface area contributed by atoms with Crippen molar-refractivity contribution in [1.82, 2.24) is 9.97 Å². The van der Waals surface area contributed by atoms with Gasteiger partial charge in [0.15, 0.2) is 5.82 Å². The first-order valence-electron chi connectivity index (χ1n) is 5.67. The normalized spacial score (nSPS) is 10.6. The van der Waals surface area contributed by atoms with E-state index in [1.165, 1.54) is 12.4 Å². The number of benzene rings is 2. The smallest absolute Gasteiger partial charge is 0.262 e. The van der Waals surface area contributed by atoms with Crippen LogP contribution in [0, 0.1) is 0 Å². The number of nitrogens with two attached hydrogens (primary N) is 1. The van der Waals surface area contributed by atoms with E-state index in [-0.39, 0.29) is 11.7 Å². The molecule has 1 heterocycles. The van der Waals surface area contributed by atoms with E-state index >= 15 is 0 Å². The fourth-order valence-electron chi connectivity index (χ4n) is 1.84. The van der Waals surface area contributed by atoms with Gasteiger partial charge in [0.25, 0.3) is 5.88 Å². The molecule has 0 saturated heterocycles. The number of halogens is 1. The molecule has 0 radical (unpaired) electrons. The first-order valence-corrected chi connectivity index (χ1v) is 6.05. The van der Waals surface area contributed by atoms with Crippen molar-refractivity contribution in [2.75, 3.05) is 5.73 Å². The lowest BCUT2D eigenvalue weighted by Gasteiger charge is -2.09. The van der Waals surface area contributed by atoms with Crippen molar-refractivity contribution in [1.29, 1.82) is 0 Å². The van der Waals surface area contributed by atoms with Crippen LogP contribution in [0.5, 0.6) is 11.6 Å². The van der Waals surface area contributed by atoms with Crippen LogP contribution < -0.4 is 10.5 Å². The number of ether oxygens (including phenoxy) is 1. The van der Waals surface area contributed by atoms with Gasteiger partial charge in [-0.15, -0.1) is 0 Å². The topological polar surface area (TPSA) is 61.0 Å². The lowest BCUT2D eigenvalue weighted by atomic mass is 10.1. The number of nitrogens with zero attached hydrogens (tertiary/aromatic N) is 2. The molecule has 0 aliphatic rings. The third-order valence-corrected chi connectivity index (χ3v) is 3.06. The predicted octanol–water partition coefficient (Wildman–Crippen LogP) is 3.66. The number of rotatable bonds is 2. The third kappa shape index (κ3) is 2.18. The second-order valence-electron chi connectivity index (χ2n) is 3.94. The summed E-state index contributed by atoms with van der Waals surface area (Å²) in [7, 11) is 0. The van der Waals surface area contributed by atoms with Gasteiger partial charge in [0.05, 0.1) is 0 Å². The maximum absolute atomic E-state index is 6.16. The standard InChI is InChI=1S/C14H10ClN3O/c15-11-5-6-12(10-4-2-1-3-9(10)11)19-14-13(16)17-7-8-18-14/h1-8H,(H2,16,17). The van der Waals surface area contributed by atoms with E-state index in [0.717, 1.165) is 10.8 Å². The highest BCUT2D eigenvalue weighted by Crippen LogP contribution is 2.34. The van der Waals surface area contributed by atoms with Crippen LogP contribution in [0.15, 0.2) is 48.8 Å². The van der Waals surface area contributed by atoms with E-state index in [2.05, 4.69) is 9.97 Å². The van der Waals surface area contributed by atoms with Gasteiger partial charge in [-0.25, -0.2) is 9.97 Å². The Bertz CT molecular complexity index is 746. The lowest BCUT2D eigenvalue weighted by molar-refractivity contribution is 0.468. The molecule has 1 aromatic heterocycles. The summed E-state index contributed by atoms with van der Waals surface area (Å²) in [6.07, 6.45) is 3.05. The van der Waals surface area contributed by atoms with Crippen LogP contribution in [-0.4, -0.2) is 9.97 Å². The van der Waals surface area contributed by atoms with Gasteiger partial charge in [0.2, 0.25) is 0 Å². The van der Waals surface area contributed by atoms with Crippen molar-refractivity contribution in [3.63, 3.8) is 0 Å². The Labute approximate surface area is 114 Å². The molecule has 0 saturated carbocycles. The zero-order valence-electron chi connectivity index (χ0n) is 9.88. The molecule has 0 unspecified atom stereocenters. The van der Waals surface area contributed by atoms with Crippen molar-refractivity contribution in [2.45, 2.75) is 0 Å². The van der Waals surface area contributed by atoms with Crippen LogP contribution >= 0.6 is 11.6 Å². The number of hydrogen-bond donors (Lipinski definition) is 1. The Hall–Kier alpha value is -2.33. The largest absolute Gasteiger partial charge is 0.435 e. The van der Waals surface area contributed by atoms with E-state index in [1.54, 1.807) is 12.1 Å². The number of fused-ring (bicyclic) bond motifs is 1. The summed E-state index contributed by atoms with van der Waals surface area (Å²) in [5, 5.41) is 2.50. The molecule has 5 heteroatoms. The maximum atomic E-state index is 6.16. The molecular formula is C14H10ClN3O. The minimum absolute atomic E-state index is 0.251. The van der Waals surface area contributed by atoms with Crippen molar-refractivity contribution >= 4 is 28.2 Å². The van der Waals surface area contributed by atoms with Crippen molar-refractivity contribution in [3.8, 4) is 11.6 Å². The third-order valence-electron chi connectivity index (χ3n) is 2.73. The van der Waals surface area contributed by atoms with Gasteiger partial charge in [-0.2, -0.15) is 0 Å². The van der Waals surface area contributed by atoms with Gasteiger partial charge >= 0.3 is 0 Å². The van der Waals surface area contributed by atoms with Gasteiger partial charge < -0.3 is 10.5 Å². The zero-order valence-corrected chi connectivity index (χ0v) is 10.6. The number of hydrogen-bond acceptors (Lipinski definition) is 4. The molecule has 4 nitrogen and oxygen atoms in total. The van der Waals surface area contributed by atoms with Crippen molar-refractivity contribution < 1.29 is 4.74 Å². The number of nitrogen functional groups attached to an aromatic ring is 1. The molecule has 3 rings (SSSR count). The molecule has 2 aromatic carbocycles. The quantitative estimate of drug-likeness (QED) is 0.773. The van der Waals surface area contributed by atoms with Crippen LogP contribution in [-0.2, 0) is 0 Å². The fraction of sp³-hybridized carbons (Fsp3) is 0. The highest BCUT2D eigenvalue weighted by molar-refractivity contribution is 6.35. The second-order valence-corrected chi connectivity index (χ2v) is 4.35. The predicted molar refractivity (Wildman–Crippen MR) is 75.5 cm³/mol. The minimum atomic E-state index is 0.251. The SMILES string of the molecule is Nc1nccnc1Oc1ccc(Cl)c2ccccc12. The Kier molecular flexibility index (Phi) is 2.93. The Morgan fingerprint density at radius 3 is 2.47 bits per heavy atom. The lowest BCUT2D eigenvalue weighted by Crippen LogP contribution is -1.97. The summed E-state index contributed by atoms with van der Waals surface area (Å²) in [6.45, 7) is 0. The van der Waals surface area contributed by atoms with Crippen LogP contribution in [0.1, 0.15) is 0 Å². The van der Waals surface area contributed by atoms with Crippen molar-refractivity contribution in [2.24, 2.45) is 0 Å². The highest BCUT2D eigenvalue weighted by Gasteiger charge is 2.09.